The van der Waals surface area contributed by atoms with Gasteiger partial charge in [0.1, 0.15) is 0 Å². The molecule has 0 bridgehead atoms. The van der Waals surface area contributed by atoms with Crippen molar-refractivity contribution in [3.8, 4) is 11.1 Å². The number of benzene rings is 3. The summed E-state index contributed by atoms with van der Waals surface area (Å²) in [5.41, 5.74) is 1.57. The van der Waals surface area contributed by atoms with Crippen LogP contribution >= 0.6 is 0 Å². The summed E-state index contributed by atoms with van der Waals surface area (Å²) in [5, 5.41) is 2.80. The maximum absolute atomic E-state index is 13.0. The fourth-order valence-corrected chi connectivity index (χ4v) is 3.80. The largest absolute Gasteiger partial charge is 0.416 e. The first kappa shape index (κ1) is 21.6. The SMILES string of the molecule is O=C(Nc1cccc(C(=O)N2CCCC2)c1)c1ccccc1-c1ccc(C(F)(F)F)cc1. The molecular formula is C25H21F3N2O2. The van der Waals surface area contributed by atoms with Crippen LogP contribution in [0.2, 0.25) is 0 Å². The van der Waals surface area contributed by atoms with Crippen molar-refractivity contribution >= 4 is 17.5 Å². The molecule has 164 valence electrons. The van der Waals surface area contributed by atoms with Gasteiger partial charge in [-0.15, -0.1) is 0 Å². The highest BCUT2D eigenvalue weighted by Gasteiger charge is 2.30. The fraction of sp³-hybridized carbons (Fsp3) is 0.200. The van der Waals surface area contributed by atoms with Gasteiger partial charge in [0.2, 0.25) is 0 Å². The molecule has 0 aromatic heterocycles. The predicted octanol–water partition coefficient (Wildman–Crippen LogP) is 5.86. The van der Waals surface area contributed by atoms with Gasteiger partial charge in [-0.05, 0) is 60.4 Å². The van der Waals surface area contributed by atoms with Gasteiger partial charge in [-0.2, -0.15) is 13.2 Å². The van der Waals surface area contributed by atoms with Crippen LogP contribution in [0.4, 0.5) is 18.9 Å². The summed E-state index contributed by atoms with van der Waals surface area (Å²) in [6.45, 7) is 1.46. The maximum atomic E-state index is 13.0. The van der Waals surface area contributed by atoms with E-state index in [9.17, 15) is 22.8 Å². The number of amides is 2. The summed E-state index contributed by atoms with van der Waals surface area (Å²) < 4.78 is 38.6. The second-order valence-electron chi connectivity index (χ2n) is 7.65. The lowest BCUT2D eigenvalue weighted by molar-refractivity contribution is -0.137. The lowest BCUT2D eigenvalue weighted by atomic mass is 9.98. The number of nitrogens with zero attached hydrogens (tertiary/aromatic N) is 1. The topological polar surface area (TPSA) is 49.4 Å². The van der Waals surface area contributed by atoms with Crippen LogP contribution in [-0.2, 0) is 6.18 Å². The van der Waals surface area contributed by atoms with Crippen molar-refractivity contribution in [1.29, 1.82) is 0 Å². The smallest absolute Gasteiger partial charge is 0.339 e. The van der Waals surface area contributed by atoms with E-state index in [1.54, 1.807) is 53.4 Å². The van der Waals surface area contributed by atoms with Crippen molar-refractivity contribution in [3.05, 3.63) is 89.5 Å². The van der Waals surface area contributed by atoms with E-state index in [1.807, 2.05) is 0 Å². The molecule has 32 heavy (non-hydrogen) atoms. The molecule has 1 N–H and O–H groups in total. The molecule has 0 aliphatic carbocycles. The number of halogens is 3. The van der Waals surface area contributed by atoms with Crippen LogP contribution in [-0.4, -0.2) is 29.8 Å². The third-order valence-corrected chi connectivity index (χ3v) is 5.46. The van der Waals surface area contributed by atoms with E-state index in [0.29, 0.717) is 27.9 Å². The minimum absolute atomic E-state index is 0.0660. The molecule has 0 atom stereocenters. The van der Waals surface area contributed by atoms with Crippen molar-refractivity contribution in [2.24, 2.45) is 0 Å². The number of hydrogen-bond donors (Lipinski definition) is 1. The zero-order valence-corrected chi connectivity index (χ0v) is 17.2. The van der Waals surface area contributed by atoms with Crippen molar-refractivity contribution < 1.29 is 22.8 Å². The number of nitrogens with one attached hydrogen (secondary N) is 1. The lowest BCUT2D eigenvalue weighted by Crippen LogP contribution is -2.27. The molecular weight excluding hydrogens is 417 g/mol. The minimum atomic E-state index is -4.42. The Bertz CT molecular complexity index is 1130. The second kappa shape index (κ2) is 8.86. The Kier molecular flexibility index (Phi) is 5.99. The Morgan fingerprint density at radius 3 is 2.22 bits per heavy atom. The third kappa shape index (κ3) is 4.66. The van der Waals surface area contributed by atoms with Crippen LogP contribution in [0, 0.1) is 0 Å². The maximum Gasteiger partial charge on any atom is 0.416 e. The molecule has 0 unspecified atom stereocenters. The summed E-state index contributed by atoms with van der Waals surface area (Å²) in [6.07, 6.45) is -2.45. The summed E-state index contributed by atoms with van der Waals surface area (Å²) in [7, 11) is 0. The summed E-state index contributed by atoms with van der Waals surface area (Å²) in [5.74, 6) is -0.477. The minimum Gasteiger partial charge on any atom is -0.339 e. The zero-order chi connectivity index (χ0) is 22.7. The van der Waals surface area contributed by atoms with Crippen molar-refractivity contribution in [2.75, 3.05) is 18.4 Å². The Morgan fingerprint density at radius 1 is 0.844 bits per heavy atom. The van der Waals surface area contributed by atoms with Gasteiger partial charge in [0.05, 0.1) is 5.56 Å². The number of hydrogen-bond acceptors (Lipinski definition) is 2. The van der Waals surface area contributed by atoms with Crippen LogP contribution in [0.1, 0.15) is 39.1 Å². The van der Waals surface area contributed by atoms with Gasteiger partial charge in [0, 0.05) is 29.9 Å². The molecule has 3 aromatic carbocycles. The molecule has 1 fully saturated rings. The van der Waals surface area contributed by atoms with Gasteiger partial charge in [-0.3, -0.25) is 9.59 Å². The summed E-state index contributed by atoms with van der Waals surface area (Å²) in [6, 6.07) is 18.2. The van der Waals surface area contributed by atoms with Crippen LogP contribution in [0.3, 0.4) is 0 Å². The number of carbonyl (C=O) groups is 2. The monoisotopic (exact) mass is 438 g/mol. The van der Waals surface area contributed by atoms with Gasteiger partial charge >= 0.3 is 6.18 Å². The van der Waals surface area contributed by atoms with E-state index in [4.69, 9.17) is 0 Å². The molecule has 7 heteroatoms. The molecule has 1 aliphatic heterocycles. The second-order valence-corrected chi connectivity index (χ2v) is 7.65. The van der Waals surface area contributed by atoms with E-state index in [0.717, 1.165) is 38.1 Å². The Balaban J connectivity index is 1.56. The third-order valence-electron chi connectivity index (χ3n) is 5.46. The predicted molar refractivity (Wildman–Crippen MR) is 116 cm³/mol. The first-order chi connectivity index (χ1) is 15.3. The standard InChI is InChI=1S/C25H21F3N2O2/c26-25(27,28)19-12-10-17(11-13-19)21-8-1-2-9-22(21)23(31)29-20-7-5-6-18(16-20)24(32)30-14-3-4-15-30/h1-2,5-13,16H,3-4,14-15H2,(H,29,31). The van der Waals surface area contributed by atoms with Gasteiger partial charge < -0.3 is 10.2 Å². The Labute approximate surface area is 183 Å². The van der Waals surface area contributed by atoms with Crippen LogP contribution in [0.25, 0.3) is 11.1 Å². The van der Waals surface area contributed by atoms with Crippen molar-refractivity contribution in [3.63, 3.8) is 0 Å². The highest BCUT2D eigenvalue weighted by Crippen LogP contribution is 2.32. The quantitative estimate of drug-likeness (QED) is 0.555. The van der Waals surface area contributed by atoms with Gasteiger partial charge in [-0.1, -0.05) is 36.4 Å². The normalized spacial score (nSPS) is 13.8. The Hall–Kier alpha value is -3.61. The van der Waals surface area contributed by atoms with Crippen LogP contribution < -0.4 is 5.32 Å². The van der Waals surface area contributed by atoms with E-state index in [1.165, 1.54) is 12.1 Å². The van der Waals surface area contributed by atoms with E-state index >= 15 is 0 Å². The van der Waals surface area contributed by atoms with E-state index < -0.39 is 17.6 Å². The van der Waals surface area contributed by atoms with Crippen molar-refractivity contribution in [2.45, 2.75) is 19.0 Å². The average Bonchev–Trinajstić information content (AvgIpc) is 3.33. The van der Waals surface area contributed by atoms with Gasteiger partial charge in [0.15, 0.2) is 0 Å². The number of anilines is 1. The first-order valence-corrected chi connectivity index (χ1v) is 10.3. The molecule has 4 rings (SSSR count). The molecule has 1 saturated heterocycles. The van der Waals surface area contributed by atoms with E-state index in [2.05, 4.69) is 5.32 Å². The zero-order valence-electron chi connectivity index (χ0n) is 17.2. The first-order valence-electron chi connectivity index (χ1n) is 10.3. The van der Waals surface area contributed by atoms with Crippen LogP contribution in [0.5, 0.6) is 0 Å². The average molecular weight is 438 g/mol. The molecule has 2 amide bonds. The molecule has 4 nitrogen and oxygen atoms in total. The van der Waals surface area contributed by atoms with E-state index in [-0.39, 0.29) is 5.91 Å². The van der Waals surface area contributed by atoms with Gasteiger partial charge in [0.25, 0.3) is 11.8 Å². The number of rotatable bonds is 4. The Morgan fingerprint density at radius 2 is 1.53 bits per heavy atom. The van der Waals surface area contributed by atoms with Gasteiger partial charge in [-0.25, -0.2) is 0 Å². The molecule has 0 spiro atoms. The molecule has 0 saturated carbocycles. The number of carbonyl (C=O) groups excluding carboxylic acids is 2. The highest BCUT2D eigenvalue weighted by molar-refractivity contribution is 6.09. The van der Waals surface area contributed by atoms with Crippen LogP contribution in [0.15, 0.2) is 72.8 Å². The summed E-state index contributed by atoms with van der Waals surface area (Å²) >= 11 is 0. The highest BCUT2D eigenvalue weighted by atomic mass is 19.4. The number of likely N-dealkylation sites (tertiary alicyclic amines) is 1. The molecule has 0 radical (unpaired) electrons. The summed E-state index contributed by atoms with van der Waals surface area (Å²) in [4.78, 5) is 27.4. The molecule has 1 heterocycles. The molecule has 1 aliphatic rings. The lowest BCUT2D eigenvalue weighted by Gasteiger charge is -2.16. The van der Waals surface area contributed by atoms with Crippen molar-refractivity contribution in [1.82, 2.24) is 4.90 Å². The fourth-order valence-electron chi connectivity index (χ4n) is 3.80. The molecule has 3 aromatic rings. The number of alkyl halides is 3.